The molecule has 1 rings (SSSR count). The lowest BCUT2D eigenvalue weighted by molar-refractivity contribution is -0.142. The third kappa shape index (κ3) is 4.84. The van der Waals surface area contributed by atoms with E-state index in [0.29, 0.717) is 0 Å². The van der Waals surface area contributed by atoms with Crippen molar-refractivity contribution in [2.24, 2.45) is 0 Å². The molecule has 0 spiro atoms. The van der Waals surface area contributed by atoms with Gasteiger partial charge in [-0.3, -0.25) is 0 Å². The second-order valence-corrected chi connectivity index (χ2v) is 6.24. The number of benzene rings is 1. The van der Waals surface area contributed by atoms with Crippen LogP contribution in [0.3, 0.4) is 0 Å². The van der Waals surface area contributed by atoms with Gasteiger partial charge in [-0.05, 0) is 24.3 Å². The normalized spacial score (nSPS) is 11.4. The molecule has 0 radical (unpaired) electrons. The van der Waals surface area contributed by atoms with Gasteiger partial charge in [0.25, 0.3) is 0 Å². The van der Waals surface area contributed by atoms with Crippen molar-refractivity contribution in [2.75, 3.05) is 19.0 Å². The first-order chi connectivity index (χ1) is 7.92. The number of carboxylic acid groups (broad SMARTS) is 1. The number of rotatable bonds is 6. The average Bonchev–Trinajstić information content (AvgIpc) is 2.25. The van der Waals surface area contributed by atoms with Gasteiger partial charge < -0.3 is 9.84 Å². The van der Waals surface area contributed by atoms with Gasteiger partial charge in [-0.15, -0.1) is 0 Å². The Morgan fingerprint density at radius 2 is 1.88 bits per heavy atom. The SMILES string of the molecule is O=C(O)COCCS(=O)(=O)c1ccc(Br)cc1. The van der Waals surface area contributed by atoms with Crippen molar-refractivity contribution in [1.82, 2.24) is 0 Å². The molecule has 0 bridgehead atoms. The summed E-state index contributed by atoms with van der Waals surface area (Å²) < 4.78 is 29.0. The van der Waals surface area contributed by atoms with Gasteiger partial charge in [0.05, 0.1) is 17.3 Å². The zero-order chi connectivity index (χ0) is 12.9. The van der Waals surface area contributed by atoms with Crippen molar-refractivity contribution in [3.63, 3.8) is 0 Å². The maximum absolute atomic E-state index is 11.7. The first kappa shape index (κ1) is 14.1. The Labute approximate surface area is 107 Å². The predicted octanol–water partition coefficient (Wildman–Crippen LogP) is 1.32. The summed E-state index contributed by atoms with van der Waals surface area (Å²) in [6.07, 6.45) is 0. The zero-order valence-corrected chi connectivity index (χ0v) is 11.2. The molecule has 5 nitrogen and oxygen atoms in total. The second-order valence-electron chi connectivity index (χ2n) is 3.22. The number of hydrogen-bond donors (Lipinski definition) is 1. The molecule has 17 heavy (non-hydrogen) atoms. The zero-order valence-electron chi connectivity index (χ0n) is 8.80. The van der Waals surface area contributed by atoms with Crippen LogP contribution < -0.4 is 0 Å². The van der Waals surface area contributed by atoms with E-state index in [9.17, 15) is 13.2 Å². The van der Waals surface area contributed by atoms with E-state index in [1.807, 2.05) is 0 Å². The standard InChI is InChI=1S/C10H11BrO5S/c11-8-1-3-9(4-2-8)17(14,15)6-5-16-7-10(12)13/h1-4H,5-7H2,(H,12,13). The van der Waals surface area contributed by atoms with Gasteiger partial charge in [0, 0.05) is 4.47 Å². The van der Waals surface area contributed by atoms with Crippen molar-refractivity contribution in [1.29, 1.82) is 0 Å². The molecule has 0 amide bonds. The molecule has 0 aliphatic heterocycles. The lowest BCUT2D eigenvalue weighted by Crippen LogP contribution is -2.15. The van der Waals surface area contributed by atoms with E-state index in [0.717, 1.165) is 4.47 Å². The first-order valence-corrected chi connectivity index (χ1v) is 7.14. The Bertz CT molecular complexity index is 480. The second kappa shape index (κ2) is 6.13. The molecule has 1 aromatic carbocycles. The molecule has 0 saturated carbocycles. The highest BCUT2D eigenvalue weighted by molar-refractivity contribution is 9.10. The highest BCUT2D eigenvalue weighted by atomic mass is 79.9. The van der Waals surface area contributed by atoms with Crippen LogP contribution in [0, 0.1) is 0 Å². The molecule has 0 aliphatic rings. The van der Waals surface area contributed by atoms with E-state index >= 15 is 0 Å². The van der Waals surface area contributed by atoms with Gasteiger partial charge >= 0.3 is 5.97 Å². The highest BCUT2D eigenvalue weighted by Gasteiger charge is 2.14. The Kier molecular flexibility index (Phi) is 5.10. The van der Waals surface area contributed by atoms with E-state index in [2.05, 4.69) is 20.7 Å². The summed E-state index contributed by atoms with van der Waals surface area (Å²) in [6, 6.07) is 6.23. The van der Waals surface area contributed by atoms with E-state index in [1.54, 1.807) is 12.1 Å². The van der Waals surface area contributed by atoms with Crippen LogP contribution >= 0.6 is 15.9 Å². The topological polar surface area (TPSA) is 80.7 Å². The van der Waals surface area contributed by atoms with Crippen molar-refractivity contribution in [2.45, 2.75) is 4.90 Å². The monoisotopic (exact) mass is 322 g/mol. The van der Waals surface area contributed by atoms with Gasteiger partial charge in [0.1, 0.15) is 6.61 Å². The highest BCUT2D eigenvalue weighted by Crippen LogP contribution is 2.15. The molecule has 7 heteroatoms. The summed E-state index contributed by atoms with van der Waals surface area (Å²) in [4.78, 5) is 10.3. The van der Waals surface area contributed by atoms with Gasteiger partial charge in [0.2, 0.25) is 0 Å². The summed E-state index contributed by atoms with van der Waals surface area (Å²) in [6.45, 7) is -0.624. The van der Waals surface area contributed by atoms with Crippen molar-refractivity contribution in [3.05, 3.63) is 28.7 Å². The third-order valence-corrected chi connectivity index (χ3v) is 4.12. The Hall–Kier alpha value is -0.920. The van der Waals surface area contributed by atoms with Crippen molar-refractivity contribution >= 4 is 31.7 Å². The molecular weight excluding hydrogens is 312 g/mol. The van der Waals surface area contributed by atoms with Gasteiger partial charge in [-0.25, -0.2) is 13.2 Å². The van der Waals surface area contributed by atoms with Crippen LogP contribution in [0.4, 0.5) is 0 Å². The lowest BCUT2D eigenvalue weighted by Gasteiger charge is -2.04. The maximum Gasteiger partial charge on any atom is 0.329 e. The third-order valence-electron chi connectivity index (χ3n) is 1.89. The number of carboxylic acids is 1. The fraction of sp³-hybridized carbons (Fsp3) is 0.300. The molecular formula is C10H11BrO5S. The molecule has 0 heterocycles. The van der Waals surface area contributed by atoms with Gasteiger partial charge in [-0.1, -0.05) is 15.9 Å². The molecule has 0 atom stereocenters. The number of hydrogen-bond acceptors (Lipinski definition) is 4. The number of aliphatic carboxylic acids is 1. The minimum Gasteiger partial charge on any atom is -0.480 e. The molecule has 0 aliphatic carbocycles. The Morgan fingerprint density at radius 1 is 1.29 bits per heavy atom. The van der Waals surface area contributed by atoms with E-state index in [4.69, 9.17) is 5.11 Å². The van der Waals surface area contributed by atoms with Crippen LogP contribution in [0.1, 0.15) is 0 Å². The molecule has 1 N–H and O–H groups in total. The number of sulfone groups is 1. The van der Waals surface area contributed by atoms with Gasteiger partial charge in [0.15, 0.2) is 9.84 Å². The van der Waals surface area contributed by atoms with Crippen LogP contribution in [0.25, 0.3) is 0 Å². The van der Waals surface area contributed by atoms with Gasteiger partial charge in [-0.2, -0.15) is 0 Å². The fourth-order valence-electron chi connectivity index (χ4n) is 1.09. The smallest absolute Gasteiger partial charge is 0.329 e. The number of carbonyl (C=O) groups is 1. The molecule has 0 unspecified atom stereocenters. The molecule has 0 aromatic heterocycles. The summed E-state index contributed by atoms with van der Waals surface area (Å²) in [5, 5.41) is 8.31. The summed E-state index contributed by atoms with van der Waals surface area (Å²) in [5.74, 6) is -1.35. The Morgan fingerprint density at radius 3 is 2.41 bits per heavy atom. The van der Waals surface area contributed by atoms with Crippen LogP contribution in [-0.2, 0) is 19.4 Å². The lowest BCUT2D eigenvalue weighted by atomic mass is 10.4. The van der Waals surface area contributed by atoms with Crippen LogP contribution in [-0.4, -0.2) is 38.5 Å². The summed E-state index contributed by atoms with van der Waals surface area (Å²) in [7, 11) is -3.41. The van der Waals surface area contributed by atoms with E-state index in [1.165, 1.54) is 12.1 Å². The Balaban J connectivity index is 2.57. The largest absolute Gasteiger partial charge is 0.480 e. The van der Waals surface area contributed by atoms with Crippen LogP contribution in [0.15, 0.2) is 33.6 Å². The predicted molar refractivity (Wildman–Crippen MR) is 64.6 cm³/mol. The fourth-order valence-corrected chi connectivity index (χ4v) is 2.48. The molecule has 94 valence electrons. The number of halogens is 1. The molecule has 0 fully saturated rings. The minimum absolute atomic E-state index is 0.134. The minimum atomic E-state index is -3.41. The first-order valence-electron chi connectivity index (χ1n) is 4.70. The molecule has 1 aromatic rings. The van der Waals surface area contributed by atoms with E-state index in [-0.39, 0.29) is 17.3 Å². The molecule has 0 saturated heterocycles. The summed E-state index contributed by atoms with van der Waals surface area (Å²) in [5.41, 5.74) is 0. The van der Waals surface area contributed by atoms with Crippen LogP contribution in [0.2, 0.25) is 0 Å². The average molecular weight is 323 g/mol. The summed E-state index contributed by atoms with van der Waals surface area (Å²) >= 11 is 3.21. The van der Waals surface area contributed by atoms with Crippen molar-refractivity contribution in [3.8, 4) is 0 Å². The van der Waals surface area contributed by atoms with E-state index < -0.39 is 22.4 Å². The maximum atomic E-state index is 11.7. The van der Waals surface area contributed by atoms with Crippen LogP contribution in [0.5, 0.6) is 0 Å². The quantitative estimate of drug-likeness (QED) is 0.799. The van der Waals surface area contributed by atoms with Crippen molar-refractivity contribution < 1.29 is 23.1 Å². The number of ether oxygens (including phenoxy) is 1.